The highest BCUT2D eigenvalue weighted by atomic mass is 16.5. The number of methoxy groups -OCH3 is 1. The summed E-state index contributed by atoms with van der Waals surface area (Å²) in [5, 5.41) is 7.28. The maximum atomic E-state index is 12.2. The van der Waals surface area contributed by atoms with Crippen molar-refractivity contribution >= 4 is 17.8 Å². The van der Waals surface area contributed by atoms with Gasteiger partial charge in [0.05, 0.1) is 12.6 Å². The van der Waals surface area contributed by atoms with Crippen molar-refractivity contribution in [1.29, 1.82) is 0 Å². The van der Waals surface area contributed by atoms with Gasteiger partial charge in [0.2, 0.25) is 5.91 Å². The van der Waals surface area contributed by atoms with Gasteiger partial charge < -0.3 is 26.4 Å². The first-order chi connectivity index (χ1) is 11.4. The molecule has 8 nitrogen and oxygen atoms in total. The zero-order valence-electron chi connectivity index (χ0n) is 14.6. The molecule has 0 saturated heterocycles. The standard InChI is InChI=1S/C16H30N4O4/c1-4-6-7-8-9-10-13(21)19-14(20-16(17)23)15(22)18-12(5-2)11-24-3/h5,12,14H,2,4,6-11H2,1,3H3,(H,18,22)(H,19,21)(H3,17,20,23)/t12-,14+/m0/s1. The lowest BCUT2D eigenvalue weighted by Gasteiger charge is -2.21. The van der Waals surface area contributed by atoms with E-state index in [-0.39, 0.29) is 18.9 Å². The Bertz CT molecular complexity index is 415. The molecular weight excluding hydrogens is 312 g/mol. The average molecular weight is 342 g/mol. The van der Waals surface area contributed by atoms with Gasteiger partial charge in [0.1, 0.15) is 0 Å². The predicted molar refractivity (Wildman–Crippen MR) is 92.0 cm³/mol. The maximum absolute atomic E-state index is 12.2. The van der Waals surface area contributed by atoms with Crippen molar-refractivity contribution in [3.05, 3.63) is 12.7 Å². The Hall–Kier alpha value is -2.09. The number of amides is 4. The van der Waals surface area contributed by atoms with Gasteiger partial charge in [-0.15, -0.1) is 6.58 Å². The molecule has 0 bridgehead atoms. The summed E-state index contributed by atoms with van der Waals surface area (Å²) >= 11 is 0. The Morgan fingerprint density at radius 3 is 2.33 bits per heavy atom. The van der Waals surface area contributed by atoms with Gasteiger partial charge in [-0.2, -0.15) is 0 Å². The number of hydrogen-bond acceptors (Lipinski definition) is 4. The molecule has 0 heterocycles. The molecule has 0 fully saturated rings. The molecule has 138 valence electrons. The SMILES string of the molecule is C=C[C@@H](COC)NC(=O)[C@@H](NC(N)=O)NC(=O)CCCCCCC. The van der Waals surface area contributed by atoms with Crippen LogP contribution in [0.5, 0.6) is 0 Å². The number of hydrogen-bond donors (Lipinski definition) is 4. The number of carbonyl (C=O) groups excluding carboxylic acids is 3. The Kier molecular flexibility index (Phi) is 12.2. The molecule has 0 aromatic heterocycles. The summed E-state index contributed by atoms with van der Waals surface area (Å²) in [7, 11) is 1.49. The van der Waals surface area contributed by atoms with Crippen LogP contribution in [-0.4, -0.2) is 43.8 Å². The number of rotatable bonds is 13. The van der Waals surface area contributed by atoms with E-state index in [9.17, 15) is 14.4 Å². The number of nitrogens with one attached hydrogen (secondary N) is 3. The van der Waals surface area contributed by atoms with Gasteiger partial charge in [0, 0.05) is 13.5 Å². The largest absolute Gasteiger partial charge is 0.382 e. The molecule has 0 aliphatic heterocycles. The first-order valence-electron chi connectivity index (χ1n) is 8.21. The second-order valence-corrected chi connectivity index (χ2v) is 5.48. The van der Waals surface area contributed by atoms with Crippen LogP contribution in [0.3, 0.4) is 0 Å². The Morgan fingerprint density at radius 1 is 1.12 bits per heavy atom. The topological polar surface area (TPSA) is 123 Å². The van der Waals surface area contributed by atoms with Crippen LogP contribution < -0.4 is 21.7 Å². The van der Waals surface area contributed by atoms with Gasteiger partial charge in [-0.05, 0) is 6.42 Å². The predicted octanol–water partition coefficient (Wildman–Crippen LogP) is 0.775. The molecule has 2 atom stereocenters. The van der Waals surface area contributed by atoms with E-state index in [2.05, 4.69) is 29.5 Å². The molecule has 0 aromatic carbocycles. The highest BCUT2D eigenvalue weighted by Gasteiger charge is 2.23. The minimum atomic E-state index is -1.23. The zero-order valence-corrected chi connectivity index (χ0v) is 14.6. The summed E-state index contributed by atoms with van der Waals surface area (Å²) < 4.78 is 4.94. The van der Waals surface area contributed by atoms with Gasteiger partial charge >= 0.3 is 6.03 Å². The molecule has 0 radical (unpaired) electrons. The van der Waals surface area contributed by atoms with Crippen LogP contribution in [0.15, 0.2) is 12.7 Å². The summed E-state index contributed by atoms with van der Waals surface area (Å²) in [6.45, 7) is 5.93. The fourth-order valence-electron chi connectivity index (χ4n) is 2.05. The van der Waals surface area contributed by atoms with Crippen molar-refractivity contribution in [3.8, 4) is 0 Å². The van der Waals surface area contributed by atoms with E-state index < -0.39 is 24.1 Å². The van der Waals surface area contributed by atoms with E-state index in [1.807, 2.05) is 0 Å². The molecule has 0 spiro atoms. The maximum Gasteiger partial charge on any atom is 0.314 e. The van der Waals surface area contributed by atoms with Gasteiger partial charge in [-0.1, -0.05) is 38.7 Å². The van der Waals surface area contributed by atoms with E-state index in [0.29, 0.717) is 0 Å². The lowest BCUT2D eigenvalue weighted by molar-refractivity contribution is -0.130. The molecule has 24 heavy (non-hydrogen) atoms. The first-order valence-corrected chi connectivity index (χ1v) is 8.21. The fraction of sp³-hybridized carbons (Fsp3) is 0.688. The number of primary amides is 1. The lowest BCUT2D eigenvalue weighted by Crippen LogP contribution is -2.59. The van der Waals surface area contributed by atoms with E-state index >= 15 is 0 Å². The van der Waals surface area contributed by atoms with E-state index in [1.54, 1.807) is 0 Å². The van der Waals surface area contributed by atoms with E-state index in [1.165, 1.54) is 13.2 Å². The third-order valence-corrected chi connectivity index (χ3v) is 3.32. The van der Waals surface area contributed by atoms with Gasteiger partial charge in [0.25, 0.3) is 5.91 Å². The zero-order chi connectivity index (χ0) is 18.4. The summed E-state index contributed by atoms with van der Waals surface area (Å²) in [4.78, 5) is 35.1. The van der Waals surface area contributed by atoms with Crippen LogP contribution in [0, 0.1) is 0 Å². The van der Waals surface area contributed by atoms with E-state index in [0.717, 1.165) is 32.1 Å². The lowest BCUT2D eigenvalue weighted by atomic mass is 10.1. The van der Waals surface area contributed by atoms with Crippen LogP contribution >= 0.6 is 0 Å². The van der Waals surface area contributed by atoms with Crippen molar-refractivity contribution in [2.45, 2.75) is 57.7 Å². The monoisotopic (exact) mass is 342 g/mol. The van der Waals surface area contributed by atoms with Crippen molar-refractivity contribution in [2.75, 3.05) is 13.7 Å². The Morgan fingerprint density at radius 2 is 1.79 bits per heavy atom. The second-order valence-electron chi connectivity index (χ2n) is 5.48. The number of unbranched alkanes of at least 4 members (excludes halogenated alkanes) is 4. The molecule has 0 aromatic rings. The molecule has 4 amide bonds. The Labute approximate surface area is 143 Å². The Balaban J connectivity index is 4.47. The second kappa shape index (κ2) is 13.4. The first kappa shape index (κ1) is 21.9. The average Bonchev–Trinajstić information content (AvgIpc) is 2.53. The smallest absolute Gasteiger partial charge is 0.314 e. The number of carbonyl (C=O) groups is 3. The van der Waals surface area contributed by atoms with Crippen LogP contribution in [-0.2, 0) is 14.3 Å². The van der Waals surface area contributed by atoms with Crippen molar-refractivity contribution in [1.82, 2.24) is 16.0 Å². The molecule has 5 N–H and O–H groups in total. The summed E-state index contributed by atoms with van der Waals surface area (Å²) in [5.74, 6) is -0.905. The van der Waals surface area contributed by atoms with Gasteiger partial charge in [-0.25, -0.2) is 4.79 Å². The van der Waals surface area contributed by atoms with Crippen molar-refractivity contribution in [3.63, 3.8) is 0 Å². The van der Waals surface area contributed by atoms with Gasteiger partial charge in [-0.3, -0.25) is 9.59 Å². The number of urea groups is 1. The summed E-state index contributed by atoms with van der Waals surface area (Å²) in [5.41, 5.74) is 5.06. The highest BCUT2D eigenvalue weighted by Crippen LogP contribution is 2.04. The molecule has 0 rings (SSSR count). The molecule has 0 unspecified atom stereocenters. The van der Waals surface area contributed by atoms with Crippen molar-refractivity contribution < 1.29 is 19.1 Å². The van der Waals surface area contributed by atoms with Crippen LogP contribution in [0.1, 0.15) is 45.4 Å². The molecular formula is C16H30N4O4. The molecule has 0 aliphatic carbocycles. The summed E-state index contributed by atoms with van der Waals surface area (Å²) in [6.07, 6.45) is 5.58. The van der Waals surface area contributed by atoms with Gasteiger partial charge in [0.15, 0.2) is 6.17 Å². The summed E-state index contributed by atoms with van der Waals surface area (Å²) in [6, 6.07) is -1.34. The van der Waals surface area contributed by atoms with Crippen molar-refractivity contribution in [2.24, 2.45) is 5.73 Å². The van der Waals surface area contributed by atoms with E-state index in [4.69, 9.17) is 10.5 Å². The third kappa shape index (κ3) is 10.6. The van der Waals surface area contributed by atoms with Crippen LogP contribution in [0.25, 0.3) is 0 Å². The fourth-order valence-corrected chi connectivity index (χ4v) is 2.05. The third-order valence-electron chi connectivity index (χ3n) is 3.32. The highest BCUT2D eigenvalue weighted by molar-refractivity contribution is 5.90. The normalized spacial score (nSPS) is 12.8. The minimum Gasteiger partial charge on any atom is -0.382 e. The van der Waals surface area contributed by atoms with Crippen LogP contribution in [0.2, 0.25) is 0 Å². The van der Waals surface area contributed by atoms with Crippen LogP contribution in [0.4, 0.5) is 4.79 Å². The molecule has 0 aliphatic rings. The molecule has 8 heteroatoms. The number of ether oxygens (including phenoxy) is 1. The molecule has 0 saturated carbocycles. The number of nitrogens with two attached hydrogens (primary N) is 1. The quantitative estimate of drug-likeness (QED) is 0.224. The minimum absolute atomic E-state index is 0.226.